The van der Waals surface area contributed by atoms with E-state index in [0.29, 0.717) is 0 Å². The van der Waals surface area contributed by atoms with Gasteiger partial charge in [-0.05, 0) is 35.7 Å². The highest BCUT2D eigenvalue weighted by molar-refractivity contribution is 5.80. The zero-order valence-electron chi connectivity index (χ0n) is 16.0. The van der Waals surface area contributed by atoms with E-state index in [-0.39, 0.29) is 48.0 Å². The van der Waals surface area contributed by atoms with Gasteiger partial charge in [0.2, 0.25) is 0 Å². The van der Waals surface area contributed by atoms with Gasteiger partial charge in [-0.3, -0.25) is 0 Å². The zero-order valence-corrected chi connectivity index (χ0v) is 20.3. The first-order chi connectivity index (χ1) is 12.9. The van der Waals surface area contributed by atoms with Gasteiger partial charge in [-0.1, -0.05) is 36.4 Å². The molecule has 0 saturated heterocycles. The first kappa shape index (κ1) is 23.0. The lowest BCUT2D eigenvalue weighted by molar-refractivity contribution is -0.697. The van der Waals surface area contributed by atoms with Gasteiger partial charge >= 0.3 is 0 Å². The molecule has 4 rings (SSSR count). The quantitative estimate of drug-likeness (QED) is 0.145. The summed E-state index contributed by atoms with van der Waals surface area (Å²) in [7, 11) is 0. The Morgan fingerprint density at radius 2 is 0.857 bits per heavy atom. The minimum atomic E-state index is 0. The van der Waals surface area contributed by atoms with Crippen LogP contribution in [0.25, 0.3) is 21.5 Å². The SMILES string of the molecule is [I-].[I-].c1ccc2c[n+](CCCCCC[n+]3ccc4ccccc4c3)ccc2c1. The minimum absolute atomic E-state index is 0. The lowest BCUT2D eigenvalue weighted by atomic mass is 10.1. The van der Waals surface area contributed by atoms with E-state index in [1.54, 1.807) is 0 Å². The van der Waals surface area contributed by atoms with Crippen LogP contribution in [-0.4, -0.2) is 0 Å². The van der Waals surface area contributed by atoms with Crippen LogP contribution >= 0.6 is 0 Å². The Morgan fingerprint density at radius 1 is 0.464 bits per heavy atom. The van der Waals surface area contributed by atoms with Crippen molar-refractivity contribution in [3.63, 3.8) is 0 Å². The highest BCUT2D eigenvalue weighted by atomic mass is 127. The summed E-state index contributed by atoms with van der Waals surface area (Å²) in [6, 6.07) is 21.6. The lowest BCUT2D eigenvalue weighted by Gasteiger charge is -2.01. The highest BCUT2D eigenvalue weighted by Gasteiger charge is 2.05. The summed E-state index contributed by atoms with van der Waals surface area (Å²) in [6.07, 6.45) is 14.0. The first-order valence-electron chi connectivity index (χ1n) is 9.64. The predicted molar refractivity (Wildman–Crippen MR) is 107 cm³/mol. The zero-order chi connectivity index (χ0) is 17.6. The van der Waals surface area contributed by atoms with E-state index < -0.39 is 0 Å². The lowest BCUT2D eigenvalue weighted by Crippen LogP contribution is -3.00. The predicted octanol–water partition coefficient (Wildman–Crippen LogP) is -1.16. The summed E-state index contributed by atoms with van der Waals surface area (Å²) in [5.74, 6) is 0. The fourth-order valence-electron chi connectivity index (χ4n) is 3.58. The van der Waals surface area contributed by atoms with Crippen molar-refractivity contribution in [3.05, 3.63) is 85.5 Å². The van der Waals surface area contributed by atoms with Crippen molar-refractivity contribution in [1.82, 2.24) is 0 Å². The smallest absolute Gasteiger partial charge is 0.176 e. The van der Waals surface area contributed by atoms with Gasteiger partial charge in [-0.15, -0.1) is 0 Å². The third kappa shape index (κ3) is 6.11. The second kappa shape index (κ2) is 11.7. The molecular formula is C24H26I2N2. The molecule has 0 saturated carbocycles. The largest absolute Gasteiger partial charge is 1.00 e. The second-order valence-corrected chi connectivity index (χ2v) is 7.04. The summed E-state index contributed by atoms with van der Waals surface area (Å²) in [4.78, 5) is 0. The third-order valence-electron chi connectivity index (χ3n) is 5.08. The molecule has 0 fully saturated rings. The first-order valence-corrected chi connectivity index (χ1v) is 9.64. The number of hydrogen-bond donors (Lipinski definition) is 0. The summed E-state index contributed by atoms with van der Waals surface area (Å²) in [5, 5.41) is 5.28. The summed E-state index contributed by atoms with van der Waals surface area (Å²) < 4.78 is 4.64. The Balaban J connectivity index is 0.00000140. The van der Waals surface area contributed by atoms with Crippen LogP contribution in [0.3, 0.4) is 0 Å². The molecule has 0 radical (unpaired) electrons. The maximum absolute atomic E-state index is 2.32. The van der Waals surface area contributed by atoms with Crippen molar-refractivity contribution in [3.8, 4) is 0 Å². The van der Waals surface area contributed by atoms with Gasteiger partial charge in [0, 0.05) is 35.7 Å². The number of nitrogens with zero attached hydrogens (tertiary/aromatic N) is 2. The molecule has 0 aliphatic carbocycles. The van der Waals surface area contributed by atoms with Crippen LogP contribution < -0.4 is 57.1 Å². The number of hydrogen-bond acceptors (Lipinski definition) is 0. The van der Waals surface area contributed by atoms with Crippen LogP contribution in [0, 0.1) is 0 Å². The van der Waals surface area contributed by atoms with E-state index in [1.165, 1.54) is 47.2 Å². The number of aryl methyl sites for hydroxylation is 2. The van der Waals surface area contributed by atoms with Crippen LogP contribution in [0.4, 0.5) is 0 Å². The average molecular weight is 596 g/mol. The van der Waals surface area contributed by atoms with E-state index in [1.807, 2.05) is 0 Å². The molecule has 2 aromatic heterocycles. The molecule has 4 aromatic rings. The number of rotatable bonds is 7. The molecule has 0 spiro atoms. The van der Waals surface area contributed by atoms with Gasteiger partial charge in [0.1, 0.15) is 13.1 Å². The normalized spacial score (nSPS) is 10.4. The maximum atomic E-state index is 2.32. The van der Waals surface area contributed by atoms with Crippen LogP contribution in [0.2, 0.25) is 0 Å². The molecule has 2 aromatic carbocycles. The fourth-order valence-corrected chi connectivity index (χ4v) is 3.58. The van der Waals surface area contributed by atoms with Crippen LogP contribution in [0.5, 0.6) is 0 Å². The Morgan fingerprint density at radius 3 is 1.29 bits per heavy atom. The number of halogens is 2. The van der Waals surface area contributed by atoms with Gasteiger partial charge in [0.25, 0.3) is 0 Å². The molecule has 0 amide bonds. The van der Waals surface area contributed by atoms with Crippen molar-refractivity contribution < 1.29 is 57.1 Å². The second-order valence-electron chi connectivity index (χ2n) is 7.04. The number of fused-ring (bicyclic) bond motifs is 2. The summed E-state index contributed by atoms with van der Waals surface area (Å²) >= 11 is 0. The van der Waals surface area contributed by atoms with Crippen LogP contribution in [-0.2, 0) is 13.1 Å². The highest BCUT2D eigenvalue weighted by Crippen LogP contribution is 2.11. The van der Waals surface area contributed by atoms with E-state index in [4.69, 9.17) is 0 Å². The number of benzene rings is 2. The van der Waals surface area contributed by atoms with Crippen LogP contribution in [0.1, 0.15) is 25.7 Å². The molecule has 2 heterocycles. The Labute approximate surface area is 201 Å². The molecule has 0 aliphatic rings. The third-order valence-corrected chi connectivity index (χ3v) is 5.08. The van der Waals surface area contributed by atoms with E-state index in [0.717, 1.165) is 13.1 Å². The summed E-state index contributed by atoms with van der Waals surface area (Å²) in [5.41, 5.74) is 0. The molecule has 0 N–H and O–H groups in total. The number of aromatic nitrogens is 2. The van der Waals surface area contributed by atoms with Crippen molar-refractivity contribution in [2.24, 2.45) is 0 Å². The van der Waals surface area contributed by atoms with Crippen molar-refractivity contribution >= 4 is 21.5 Å². The molecule has 0 bridgehead atoms. The van der Waals surface area contributed by atoms with Gasteiger partial charge in [0.15, 0.2) is 24.8 Å². The topological polar surface area (TPSA) is 7.76 Å². The van der Waals surface area contributed by atoms with Crippen LogP contribution in [0.15, 0.2) is 85.5 Å². The molecule has 0 unspecified atom stereocenters. The Bertz CT molecular complexity index is 934. The molecule has 4 heteroatoms. The summed E-state index contributed by atoms with van der Waals surface area (Å²) in [6.45, 7) is 2.21. The van der Waals surface area contributed by atoms with Gasteiger partial charge < -0.3 is 48.0 Å². The van der Waals surface area contributed by atoms with E-state index in [9.17, 15) is 0 Å². The van der Waals surface area contributed by atoms with Gasteiger partial charge in [-0.25, -0.2) is 9.13 Å². The Hall–Kier alpha value is -1.28. The molecule has 0 aliphatic heterocycles. The van der Waals surface area contributed by atoms with Crippen molar-refractivity contribution in [1.29, 1.82) is 0 Å². The molecule has 2 nitrogen and oxygen atoms in total. The molecule has 28 heavy (non-hydrogen) atoms. The molecule has 146 valence electrons. The number of pyridine rings is 2. The molecular weight excluding hydrogens is 570 g/mol. The minimum Gasteiger partial charge on any atom is -1.00 e. The fraction of sp³-hybridized carbons (Fsp3) is 0.250. The number of unbranched alkanes of at least 4 members (excludes halogenated alkanes) is 3. The van der Waals surface area contributed by atoms with E-state index in [2.05, 4.69) is 94.6 Å². The monoisotopic (exact) mass is 596 g/mol. The molecule has 0 atom stereocenters. The standard InChI is InChI=1S/C24H26N2.2HI/c1(7-15-25-17-13-21-9-3-5-11-23(21)19-25)2-8-16-26-18-14-22-10-4-6-12-24(22)20-26;;/h3-6,9-14,17-20H,1-2,7-8,15-16H2;2*1H/q+2;;/p-2. The van der Waals surface area contributed by atoms with E-state index >= 15 is 0 Å². The average Bonchev–Trinajstić information content (AvgIpc) is 2.70. The van der Waals surface area contributed by atoms with Crippen molar-refractivity contribution in [2.75, 3.05) is 0 Å². The Kier molecular flexibility index (Phi) is 9.58. The van der Waals surface area contributed by atoms with Gasteiger partial charge in [0.05, 0.1) is 0 Å². The maximum Gasteiger partial charge on any atom is 0.176 e. The van der Waals surface area contributed by atoms with Crippen molar-refractivity contribution in [2.45, 2.75) is 38.8 Å². The van der Waals surface area contributed by atoms with Gasteiger partial charge in [-0.2, -0.15) is 0 Å².